The molecule has 0 aromatic heterocycles. The normalized spacial score (nSPS) is 24.4. The molecule has 0 spiro atoms. The molecule has 1 aromatic rings. The summed E-state index contributed by atoms with van der Waals surface area (Å²) in [7, 11) is 0. The van der Waals surface area contributed by atoms with E-state index in [0.29, 0.717) is 19.8 Å². The second-order valence-electron chi connectivity index (χ2n) is 5.71. The second-order valence-corrected chi connectivity index (χ2v) is 5.71. The van der Waals surface area contributed by atoms with Crippen molar-refractivity contribution in [3.8, 4) is 11.5 Å². The zero-order chi connectivity index (χ0) is 14.7. The van der Waals surface area contributed by atoms with E-state index in [1.165, 1.54) is 0 Å². The molecule has 2 atom stereocenters. The maximum Gasteiger partial charge on any atom is 0.161 e. The Labute approximate surface area is 125 Å². The van der Waals surface area contributed by atoms with Gasteiger partial charge in [0.05, 0.1) is 32.0 Å². The lowest BCUT2D eigenvalue weighted by molar-refractivity contribution is -0.0319. The molecule has 1 N–H and O–H groups in total. The van der Waals surface area contributed by atoms with Crippen molar-refractivity contribution in [2.75, 3.05) is 39.5 Å². The molecule has 2 aliphatic heterocycles. The van der Waals surface area contributed by atoms with Crippen LogP contribution in [0.15, 0.2) is 18.2 Å². The summed E-state index contributed by atoms with van der Waals surface area (Å²) in [4.78, 5) is 2.24. The van der Waals surface area contributed by atoms with Gasteiger partial charge in [-0.2, -0.15) is 0 Å². The number of rotatable bonds is 3. The molecule has 2 unspecified atom stereocenters. The zero-order valence-electron chi connectivity index (χ0n) is 12.5. The molecule has 0 amide bonds. The molecule has 1 aromatic carbocycles. The monoisotopic (exact) mass is 293 g/mol. The molecule has 3 rings (SSSR count). The van der Waals surface area contributed by atoms with Crippen LogP contribution >= 0.6 is 0 Å². The summed E-state index contributed by atoms with van der Waals surface area (Å²) < 4.78 is 16.8. The highest BCUT2D eigenvalue weighted by atomic mass is 16.5. The Bertz CT molecular complexity index is 479. The van der Waals surface area contributed by atoms with Gasteiger partial charge in [0.15, 0.2) is 11.5 Å². The van der Waals surface area contributed by atoms with E-state index in [1.807, 2.05) is 18.2 Å². The summed E-state index contributed by atoms with van der Waals surface area (Å²) >= 11 is 0. The first-order valence-corrected chi connectivity index (χ1v) is 7.64. The van der Waals surface area contributed by atoms with Crippen LogP contribution in [0.4, 0.5) is 0 Å². The van der Waals surface area contributed by atoms with Crippen molar-refractivity contribution in [3.05, 3.63) is 23.8 Å². The van der Waals surface area contributed by atoms with E-state index in [0.717, 1.165) is 43.2 Å². The Morgan fingerprint density at radius 2 is 2.05 bits per heavy atom. The number of aliphatic hydroxyl groups excluding tert-OH is 1. The van der Waals surface area contributed by atoms with Gasteiger partial charge < -0.3 is 19.3 Å². The van der Waals surface area contributed by atoms with Crippen molar-refractivity contribution >= 4 is 0 Å². The molecule has 5 nitrogen and oxygen atoms in total. The number of β-amino-alcohol motifs (C(OH)–C–C–N with tert-alkyl or cyclic N) is 1. The Morgan fingerprint density at radius 3 is 2.86 bits per heavy atom. The highest BCUT2D eigenvalue weighted by Crippen LogP contribution is 2.32. The quantitative estimate of drug-likeness (QED) is 0.917. The van der Waals surface area contributed by atoms with Crippen molar-refractivity contribution in [3.63, 3.8) is 0 Å². The molecule has 2 aliphatic rings. The van der Waals surface area contributed by atoms with Crippen molar-refractivity contribution in [2.24, 2.45) is 0 Å². The Hall–Kier alpha value is -1.30. The van der Waals surface area contributed by atoms with Gasteiger partial charge >= 0.3 is 0 Å². The topological polar surface area (TPSA) is 51.2 Å². The lowest BCUT2D eigenvalue weighted by Crippen LogP contribution is -2.42. The summed E-state index contributed by atoms with van der Waals surface area (Å²) in [5, 5.41) is 10.5. The van der Waals surface area contributed by atoms with Crippen molar-refractivity contribution < 1.29 is 19.3 Å². The third-order valence-corrected chi connectivity index (χ3v) is 3.91. The van der Waals surface area contributed by atoms with Crippen LogP contribution in [0.1, 0.15) is 25.0 Å². The fourth-order valence-electron chi connectivity index (χ4n) is 2.79. The second kappa shape index (κ2) is 6.64. The summed E-state index contributed by atoms with van der Waals surface area (Å²) in [6, 6.07) is 5.71. The minimum absolute atomic E-state index is 0.231. The van der Waals surface area contributed by atoms with Gasteiger partial charge in [-0.05, 0) is 24.6 Å². The zero-order valence-corrected chi connectivity index (χ0v) is 12.5. The summed E-state index contributed by atoms with van der Waals surface area (Å²) in [5.74, 6) is 1.50. The maximum absolute atomic E-state index is 10.5. The van der Waals surface area contributed by atoms with Crippen LogP contribution in [0, 0.1) is 0 Å². The molecule has 5 heteroatoms. The molecule has 116 valence electrons. The van der Waals surface area contributed by atoms with E-state index >= 15 is 0 Å². The van der Waals surface area contributed by atoms with E-state index in [1.54, 1.807) is 0 Å². The highest BCUT2D eigenvalue weighted by molar-refractivity contribution is 5.44. The number of nitrogens with zero attached hydrogens (tertiary/aromatic N) is 1. The Kier molecular flexibility index (Phi) is 4.63. The first kappa shape index (κ1) is 14.6. The van der Waals surface area contributed by atoms with E-state index in [9.17, 15) is 5.11 Å². The number of benzene rings is 1. The molecule has 1 saturated heterocycles. The smallest absolute Gasteiger partial charge is 0.161 e. The van der Waals surface area contributed by atoms with Crippen LogP contribution in [-0.2, 0) is 4.74 Å². The predicted octanol–water partition coefficient (Wildman–Crippen LogP) is 1.60. The molecule has 21 heavy (non-hydrogen) atoms. The number of morpholine rings is 1. The summed E-state index contributed by atoms with van der Waals surface area (Å²) in [6.45, 7) is 6.48. The SMILES string of the molecule is CC1CN(CC(O)c2ccc3c(c2)OCCCO3)CCO1. The van der Waals surface area contributed by atoms with Crippen molar-refractivity contribution in [1.29, 1.82) is 0 Å². The third kappa shape index (κ3) is 3.67. The van der Waals surface area contributed by atoms with Gasteiger partial charge in [-0.25, -0.2) is 0 Å². The minimum Gasteiger partial charge on any atom is -0.490 e. The molecule has 0 radical (unpaired) electrons. The van der Waals surface area contributed by atoms with Gasteiger partial charge in [0.2, 0.25) is 0 Å². The van der Waals surface area contributed by atoms with Gasteiger partial charge in [-0.15, -0.1) is 0 Å². The van der Waals surface area contributed by atoms with Crippen LogP contribution in [0.25, 0.3) is 0 Å². The fraction of sp³-hybridized carbons (Fsp3) is 0.625. The van der Waals surface area contributed by atoms with E-state index < -0.39 is 6.10 Å². The largest absolute Gasteiger partial charge is 0.490 e. The Morgan fingerprint density at radius 1 is 1.24 bits per heavy atom. The van der Waals surface area contributed by atoms with Crippen LogP contribution in [0.3, 0.4) is 0 Å². The number of fused-ring (bicyclic) bond motifs is 1. The van der Waals surface area contributed by atoms with E-state index in [-0.39, 0.29) is 6.10 Å². The first-order valence-electron chi connectivity index (χ1n) is 7.64. The van der Waals surface area contributed by atoms with Gasteiger partial charge in [0.25, 0.3) is 0 Å². The minimum atomic E-state index is -0.521. The maximum atomic E-state index is 10.5. The fourth-order valence-corrected chi connectivity index (χ4v) is 2.79. The van der Waals surface area contributed by atoms with Crippen molar-refractivity contribution in [2.45, 2.75) is 25.6 Å². The average molecular weight is 293 g/mol. The summed E-state index contributed by atoms with van der Waals surface area (Å²) in [6.07, 6.45) is 0.597. The molecule has 1 fully saturated rings. The van der Waals surface area contributed by atoms with Gasteiger partial charge in [0, 0.05) is 26.1 Å². The summed E-state index contributed by atoms with van der Waals surface area (Å²) in [5.41, 5.74) is 0.874. The molecular formula is C16H23NO4. The predicted molar refractivity (Wildman–Crippen MR) is 78.9 cm³/mol. The standard InChI is InChI=1S/C16H23NO4/c1-12-10-17(5-8-19-12)11-14(18)13-3-4-15-16(9-13)21-7-2-6-20-15/h3-4,9,12,14,18H,2,5-8,10-11H2,1H3. The van der Waals surface area contributed by atoms with Crippen LogP contribution in [0.2, 0.25) is 0 Å². The number of hydrogen-bond donors (Lipinski definition) is 1. The van der Waals surface area contributed by atoms with E-state index in [4.69, 9.17) is 14.2 Å². The molecule has 0 bridgehead atoms. The third-order valence-electron chi connectivity index (χ3n) is 3.91. The van der Waals surface area contributed by atoms with Crippen LogP contribution < -0.4 is 9.47 Å². The average Bonchev–Trinajstić information content (AvgIpc) is 2.71. The number of aliphatic hydroxyl groups is 1. The van der Waals surface area contributed by atoms with Gasteiger partial charge in [-0.1, -0.05) is 6.07 Å². The van der Waals surface area contributed by atoms with Gasteiger partial charge in [-0.3, -0.25) is 4.90 Å². The molecular weight excluding hydrogens is 270 g/mol. The number of ether oxygens (including phenoxy) is 3. The van der Waals surface area contributed by atoms with Crippen LogP contribution in [0.5, 0.6) is 11.5 Å². The highest BCUT2D eigenvalue weighted by Gasteiger charge is 2.21. The van der Waals surface area contributed by atoms with Crippen LogP contribution in [-0.4, -0.2) is 55.6 Å². The Balaban J connectivity index is 1.66. The lowest BCUT2D eigenvalue weighted by Gasteiger charge is -2.32. The molecule has 0 saturated carbocycles. The lowest BCUT2D eigenvalue weighted by atomic mass is 10.1. The van der Waals surface area contributed by atoms with E-state index in [2.05, 4.69) is 11.8 Å². The molecule has 2 heterocycles. The first-order chi connectivity index (χ1) is 10.2. The number of hydrogen-bond acceptors (Lipinski definition) is 5. The molecule has 0 aliphatic carbocycles. The van der Waals surface area contributed by atoms with Crippen molar-refractivity contribution in [1.82, 2.24) is 4.90 Å². The van der Waals surface area contributed by atoms with Gasteiger partial charge in [0.1, 0.15) is 0 Å².